The van der Waals surface area contributed by atoms with Gasteiger partial charge in [-0.1, -0.05) is 29.3 Å². The Balaban J connectivity index is 0.000000517. The molecule has 5 rings (SSSR count). The lowest BCUT2D eigenvalue weighted by atomic mass is 10.0. The Morgan fingerprint density at radius 2 is 1.62 bits per heavy atom. The van der Waals surface area contributed by atoms with Gasteiger partial charge in [0.2, 0.25) is 16.0 Å². The Morgan fingerprint density at radius 3 is 2.19 bits per heavy atom. The Bertz CT molecular complexity index is 1700. The number of alkyl halides is 3. The van der Waals surface area contributed by atoms with E-state index in [1.807, 2.05) is 19.1 Å². The van der Waals surface area contributed by atoms with Crippen molar-refractivity contribution in [3.8, 4) is 11.1 Å². The van der Waals surface area contributed by atoms with Gasteiger partial charge in [-0.25, -0.2) is 18.2 Å². The number of fused-ring (bicyclic) bond motifs is 1. The molecule has 4 aromatic rings. The molecule has 1 aliphatic heterocycles. The third-order valence-electron chi connectivity index (χ3n) is 6.07. The standard InChI is InChI=1S/C24H22Cl2N6O2S.C2HF3O2/c1-15-13-16(22-19(25)3-2-4-20(22)26)14-21-23(15)29-24(31-30-21)28-17-5-7-18(8-6-17)35(33,34)32-11-9-27-10-12-32;3-2(4,5)1(6)7/h2-8,13-14,27H,9-12H2,1H3,(H,28,29,31);(H,6,7). The molecule has 0 bridgehead atoms. The monoisotopic (exact) mass is 642 g/mol. The largest absolute Gasteiger partial charge is 0.490 e. The van der Waals surface area contributed by atoms with Crippen LogP contribution < -0.4 is 10.6 Å². The molecule has 1 aliphatic rings. The fourth-order valence-corrected chi connectivity index (χ4v) is 6.11. The molecule has 0 saturated carbocycles. The van der Waals surface area contributed by atoms with Crippen molar-refractivity contribution in [2.45, 2.75) is 18.0 Å². The van der Waals surface area contributed by atoms with E-state index in [-0.39, 0.29) is 4.90 Å². The van der Waals surface area contributed by atoms with Crippen LogP contribution in [0.25, 0.3) is 22.2 Å². The fourth-order valence-electron chi connectivity index (χ4n) is 4.06. The number of nitrogens with zero attached hydrogens (tertiary/aromatic N) is 4. The highest BCUT2D eigenvalue weighted by atomic mass is 35.5. The van der Waals surface area contributed by atoms with E-state index in [1.165, 1.54) is 4.31 Å². The van der Waals surface area contributed by atoms with E-state index in [2.05, 4.69) is 25.8 Å². The quantitative estimate of drug-likeness (QED) is 0.265. The van der Waals surface area contributed by atoms with E-state index >= 15 is 0 Å². The SMILES string of the molecule is Cc1cc(-c2c(Cl)cccc2Cl)cc2nnc(Nc3ccc(S(=O)(=O)N4CCNCC4)cc3)nc12.O=C(O)C(F)(F)F. The first-order valence-electron chi connectivity index (χ1n) is 12.2. The summed E-state index contributed by atoms with van der Waals surface area (Å²) in [6, 6.07) is 15.8. The molecule has 2 heterocycles. The zero-order valence-electron chi connectivity index (χ0n) is 21.8. The van der Waals surface area contributed by atoms with Gasteiger partial charge in [0.25, 0.3) is 0 Å². The molecule has 222 valence electrons. The molecular formula is C26H23Cl2F3N6O4S. The van der Waals surface area contributed by atoms with Crippen molar-refractivity contribution < 1.29 is 31.5 Å². The van der Waals surface area contributed by atoms with Gasteiger partial charge < -0.3 is 15.7 Å². The number of rotatable bonds is 5. The highest BCUT2D eigenvalue weighted by Crippen LogP contribution is 2.36. The van der Waals surface area contributed by atoms with Gasteiger partial charge in [0, 0.05) is 47.5 Å². The molecule has 3 N–H and O–H groups in total. The van der Waals surface area contributed by atoms with Crippen LogP contribution in [0.5, 0.6) is 0 Å². The molecule has 1 saturated heterocycles. The van der Waals surface area contributed by atoms with Gasteiger partial charge in [-0.05, 0) is 66.6 Å². The second-order valence-corrected chi connectivity index (χ2v) is 11.8. The molecule has 0 radical (unpaired) electrons. The fraction of sp³-hybridized carbons (Fsp3) is 0.231. The molecule has 0 aliphatic carbocycles. The van der Waals surface area contributed by atoms with Gasteiger partial charge in [-0.15, -0.1) is 10.2 Å². The number of carboxylic acid groups (broad SMARTS) is 1. The molecule has 1 aromatic heterocycles. The van der Waals surface area contributed by atoms with Crippen molar-refractivity contribution in [1.29, 1.82) is 0 Å². The van der Waals surface area contributed by atoms with E-state index in [0.717, 1.165) is 16.7 Å². The second kappa shape index (κ2) is 12.8. The lowest BCUT2D eigenvalue weighted by Crippen LogP contribution is -2.46. The number of halogens is 5. The summed E-state index contributed by atoms with van der Waals surface area (Å²) in [6.07, 6.45) is -5.08. The molecular weight excluding hydrogens is 620 g/mol. The molecule has 42 heavy (non-hydrogen) atoms. The van der Waals surface area contributed by atoms with Crippen LogP contribution in [0.3, 0.4) is 0 Å². The average molecular weight is 643 g/mol. The Hall–Kier alpha value is -3.56. The predicted octanol–water partition coefficient (Wildman–Crippen LogP) is 5.28. The zero-order valence-corrected chi connectivity index (χ0v) is 24.1. The van der Waals surface area contributed by atoms with Gasteiger partial charge in [-0.3, -0.25) is 0 Å². The van der Waals surface area contributed by atoms with Crippen molar-refractivity contribution in [2.24, 2.45) is 0 Å². The predicted molar refractivity (Wildman–Crippen MR) is 153 cm³/mol. The summed E-state index contributed by atoms with van der Waals surface area (Å²) in [6.45, 7) is 4.16. The highest BCUT2D eigenvalue weighted by molar-refractivity contribution is 7.89. The van der Waals surface area contributed by atoms with E-state index < -0.39 is 22.2 Å². The van der Waals surface area contributed by atoms with Crippen molar-refractivity contribution >= 4 is 61.9 Å². The summed E-state index contributed by atoms with van der Waals surface area (Å²) < 4.78 is 58.9. The number of aryl methyl sites for hydroxylation is 1. The molecule has 0 spiro atoms. The number of carbonyl (C=O) groups is 1. The first-order valence-corrected chi connectivity index (χ1v) is 14.4. The summed E-state index contributed by atoms with van der Waals surface area (Å²) in [7, 11) is -3.52. The minimum atomic E-state index is -5.08. The van der Waals surface area contributed by atoms with Crippen LogP contribution in [0.4, 0.5) is 24.8 Å². The maximum Gasteiger partial charge on any atom is 0.490 e. The van der Waals surface area contributed by atoms with Gasteiger partial charge in [0.15, 0.2) is 0 Å². The summed E-state index contributed by atoms with van der Waals surface area (Å²) >= 11 is 12.8. The van der Waals surface area contributed by atoms with Crippen LogP contribution >= 0.6 is 23.2 Å². The summed E-state index contributed by atoms with van der Waals surface area (Å²) in [5.74, 6) is -2.45. The van der Waals surface area contributed by atoms with E-state index in [1.54, 1.807) is 42.5 Å². The highest BCUT2D eigenvalue weighted by Gasteiger charge is 2.38. The number of carboxylic acids is 1. The lowest BCUT2D eigenvalue weighted by Gasteiger charge is -2.26. The van der Waals surface area contributed by atoms with Gasteiger partial charge in [0.05, 0.1) is 10.4 Å². The number of benzene rings is 3. The van der Waals surface area contributed by atoms with Crippen molar-refractivity contribution in [1.82, 2.24) is 24.8 Å². The molecule has 1 fully saturated rings. The Kier molecular flexibility index (Phi) is 9.53. The summed E-state index contributed by atoms with van der Waals surface area (Å²) in [5.41, 5.74) is 4.42. The second-order valence-electron chi connectivity index (χ2n) is 9.00. The van der Waals surface area contributed by atoms with Crippen LogP contribution in [-0.2, 0) is 14.8 Å². The zero-order chi connectivity index (χ0) is 30.7. The number of hydrogen-bond acceptors (Lipinski definition) is 8. The van der Waals surface area contributed by atoms with Crippen LogP contribution in [0.2, 0.25) is 10.0 Å². The summed E-state index contributed by atoms with van der Waals surface area (Å²) in [4.78, 5) is 13.8. The Labute approximate surface area is 248 Å². The topological polar surface area (TPSA) is 137 Å². The first kappa shape index (κ1) is 31.4. The molecule has 3 aromatic carbocycles. The summed E-state index contributed by atoms with van der Waals surface area (Å²) in [5, 5.41) is 23.0. The number of aliphatic carboxylic acids is 1. The Morgan fingerprint density at radius 1 is 1.02 bits per heavy atom. The van der Waals surface area contributed by atoms with Crippen molar-refractivity contribution in [3.63, 3.8) is 0 Å². The molecule has 0 amide bonds. The maximum absolute atomic E-state index is 12.8. The number of anilines is 2. The molecule has 0 unspecified atom stereocenters. The number of aromatic nitrogens is 3. The van der Waals surface area contributed by atoms with E-state index in [0.29, 0.717) is 58.9 Å². The van der Waals surface area contributed by atoms with E-state index in [9.17, 15) is 21.6 Å². The third-order valence-corrected chi connectivity index (χ3v) is 8.61. The molecule has 10 nitrogen and oxygen atoms in total. The molecule has 16 heteroatoms. The van der Waals surface area contributed by atoms with E-state index in [4.69, 9.17) is 33.1 Å². The maximum atomic E-state index is 12.8. The van der Waals surface area contributed by atoms with Crippen LogP contribution in [0.1, 0.15) is 5.56 Å². The van der Waals surface area contributed by atoms with Crippen LogP contribution in [-0.4, -0.2) is 71.3 Å². The minimum Gasteiger partial charge on any atom is -0.475 e. The van der Waals surface area contributed by atoms with Crippen LogP contribution in [0, 0.1) is 6.92 Å². The van der Waals surface area contributed by atoms with Crippen molar-refractivity contribution in [2.75, 3.05) is 31.5 Å². The first-order chi connectivity index (χ1) is 19.8. The van der Waals surface area contributed by atoms with Crippen molar-refractivity contribution in [3.05, 3.63) is 70.2 Å². The normalized spacial score (nSPS) is 14.2. The van der Waals surface area contributed by atoms with Gasteiger partial charge in [0.1, 0.15) is 5.52 Å². The minimum absolute atomic E-state index is 0.254. The number of sulfonamides is 1. The van der Waals surface area contributed by atoms with Crippen LogP contribution in [0.15, 0.2) is 59.5 Å². The number of nitrogens with one attached hydrogen (secondary N) is 2. The third kappa shape index (κ3) is 7.25. The lowest BCUT2D eigenvalue weighted by molar-refractivity contribution is -0.192. The number of hydrogen-bond donors (Lipinski definition) is 3. The molecule has 0 atom stereocenters. The van der Waals surface area contributed by atoms with Gasteiger partial charge in [-0.2, -0.15) is 17.5 Å². The average Bonchev–Trinajstić information content (AvgIpc) is 2.94. The van der Waals surface area contributed by atoms with Gasteiger partial charge >= 0.3 is 12.1 Å². The smallest absolute Gasteiger partial charge is 0.475 e. The number of piperazine rings is 1.